The molecular weight excluding hydrogens is 318 g/mol. The number of rotatable bonds is 6. The molecule has 4 heteroatoms. The Morgan fingerprint density at radius 3 is 2.42 bits per heavy atom. The van der Waals surface area contributed by atoms with Gasteiger partial charge in [-0.25, -0.2) is 0 Å². The topological polar surface area (TPSA) is 38.3 Å². The lowest BCUT2D eigenvalue weighted by Gasteiger charge is -2.18. The van der Waals surface area contributed by atoms with Crippen molar-refractivity contribution < 1.29 is 9.53 Å². The number of amides is 1. The molecule has 122 valence electrons. The van der Waals surface area contributed by atoms with Crippen LogP contribution in [0.5, 0.6) is 5.75 Å². The standard InChI is InChI=1S/C20H19NO2S/c1-23-17-11-9-15(10-12-17)14-19(22)21-20(18-8-5-13-24-18)16-6-3-2-4-7-16/h2-13,20H,14H2,1H3,(H,21,22)/t20-/m1/s1. The van der Waals surface area contributed by atoms with Gasteiger partial charge in [0.15, 0.2) is 0 Å². The first-order chi connectivity index (χ1) is 11.8. The zero-order valence-corrected chi connectivity index (χ0v) is 14.3. The Labute approximate surface area is 145 Å². The second kappa shape index (κ2) is 7.79. The smallest absolute Gasteiger partial charge is 0.225 e. The number of carbonyl (C=O) groups excluding carboxylic acids is 1. The van der Waals surface area contributed by atoms with Gasteiger partial charge in [0, 0.05) is 4.88 Å². The molecule has 0 spiro atoms. The third kappa shape index (κ3) is 4.03. The van der Waals surface area contributed by atoms with Gasteiger partial charge in [0.25, 0.3) is 0 Å². The van der Waals surface area contributed by atoms with E-state index in [0.717, 1.165) is 21.8 Å². The zero-order valence-electron chi connectivity index (χ0n) is 13.4. The summed E-state index contributed by atoms with van der Waals surface area (Å²) in [6, 6.07) is 21.6. The molecule has 0 aliphatic heterocycles. The highest BCUT2D eigenvalue weighted by Crippen LogP contribution is 2.26. The quantitative estimate of drug-likeness (QED) is 0.732. The minimum Gasteiger partial charge on any atom is -0.497 e. The van der Waals surface area contributed by atoms with Crippen molar-refractivity contribution in [1.29, 1.82) is 0 Å². The molecule has 0 saturated carbocycles. The summed E-state index contributed by atoms with van der Waals surface area (Å²) in [5.41, 5.74) is 2.05. The van der Waals surface area contributed by atoms with Crippen LogP contribution in [-0.2, 0) is 11.2 Å². The highest BCUT2D eigenvalue weighted by atomic mass is 32.1. The molecule has 3 rings (SSSR count). The molecule has 0 aliphatic rings. The molecule has 0 unspecified atom stereocenters. The van der Waals surface area contributed by atoms with Crippen molar-refractivity contribution in [2.45, 2.75) is 12.5 Å². The molecule has 1 N–H and O–H groups in total. The van der Waals surface area contributed by atoms with Crippen LogP contribution in [0.15, 0.2) is 72.1 Å². The Bertz CT molecular complexity index is 767. The van der Waals surface area contributed by atoms with E-state index in [1.807, 2.05) is 66.0 Å². The maximum atomic E-state index is 12.5. The van der Waals surface area contributed by atoms with Gasteiger partial charge < -0.3 is 10.1 Å². The van der Waals surface area contributed by atoms with E-state index in [9.17, 15) is 4.79 Å². The molecule has 3 nitrogen and oxygen atoms in total. The Balaban J connectivity index is 1.73. The van der Waals surface area contributed by atoms with Crippen LogP contribution in [0, 0.1) is 0 Å². The van der Waals surface area contributed by atoms with Crippen molar-refractivity contribution >= 4 is 17.2 Å². The molecule has 0 fully saturated rings. The molecule has 3 aromatic rings. The number of benzene rings is 2. The van der Waals surface area contributed by atoms with Crippen LogP contribution in [0.1, 0.15) is 22.0 Å². The summed E-state index contributed by atoms with van der Waals surface area (Å²) < 4.78 is 5.15. The first kappa shape index (κ1) is 16.3. The largest absolute Gasteiger partial charge is 0.497 e. The minimum atomic E-state index is -0.114. The molecule has 1 heterocycles. The van der Waals surface area contributed by atoms with E-state index in [2.05, 4.69) is 11.4 Å². The molecule has 0 aliphatic carbocycles. The van der Waals surface area contributed by atoms with Crippen molar-refractivity contribution in [3.05, 3.63) is 88.1 Å². The SMILES string of the molecule is COc1ccc(CC(=O)N[C@H](c2ccccc2)c2cccs2)cc1. The highest BCUT2D eigenvalue weighted by Gasteiger charge is 2.17. The summed E-state index contributed by atoms with van der Waals surface area (Å²) in [7, 11) is 1.63. The van der Waals surface area contributed by atoms with Gasteiger partial charge in [-0.3, -0.25) is 4.79 Å². The van der Waals surface area contributed by atoms with E-state index in [-0.39, 0.29) is 11.9 Å². The molecule has 1 atom stereocenters. The van der Waals surface area contributed by atoms with Gasteiger partial charge in [-0.05, 0) is 34.7 Å². The molecule has 24 heavy (non-hydrogen) atoms. The Morgan fingerprint density at radius 1 is 1.04 bits per heavy atom. The summed E-state index contributed by atoms with van der Waals surface area (Å²) in [6.45, 7) is 0. The van der Waals surface area contributed by atoms with Gasteiger partial charge in [-0.1, -0.05) is 48.5 Å². The molecule has 1 amide bonds. The van der Waals surface area contributed by atoms with Crippen LogP contribution in [-0.4, -0.2) is 13.0 Å². The summed E-state index contributed by atoms with van der Waals surface area (Å²) in [5.74, 6) is 0.794. The van der Waals surface area contributed by atoms with Gasteiger partial charge in [0.2, 0.25) is 5.91 Å². The van der Waals surface area contributed by atoms with Crippen molar-refractivity contribution in [2.75, 3.05) is 7.11 Å². The number of hydrogen-bond donors (Lipinski definition) is 1. The number of methoxy groups -OCH3 is 1. The van der Waals surface area contributed by atoms with E-state index in [1.165, 1.54) is 0 Å². The first-order valence-corrected chi connectivity index (χ1v) is 8.65. The zero-order chi connectivity index (χ0) is 16.8. The number of ether oxygens (including phenoxy) is 1. The average Bonchev–Trinajstić information content (AvgIpc) is 3.15. The van der Waals surface area contributed by atoms with Crippen LogP contribution < -0.4 is 10.1 Å². The van der Waals surface area contributed by atoms with Crippen LogP contribution in [0.25, 0.3) is 0 Å². The summed E-state index contributed by atoms with van der Waals surface area (Å²) in [5, 5.41) is 5.18. The monoisotopic (exact) mass is 337 g/mol. The van der Waals surface area contributed by atoms with Crippen LogP contribution in [0.3, 0.4) is 0 Å². The molecule has 0 radical (unpaired) electrons. The van der Waals surface area contributed by atoms with Crippen molar-refractivity contribution in [2.24, 2.45) is 0 Å². The average molecular weight is 337 g/mol. The summed E-state index contributed by atoms with van der Waals surface area (Å²) in [4.78, 5) is 13.6. The number of carbonyl (C=O) groups is 1. The first-order valence-electron chi connectivity index (χ1n) is 7.77. The molecule has 1 aromatic heterocycles. The third-order valence-corrected chi connectivity index (χ3v) is 4.73. The molecular formula is C20H19NO2S. The predicted octanol–water partition coefficient (Wildman–Crippen LogP) is 4.21. The summed E-state index contributed by atoms with van der Waals surface area (Å²) >= 11 is 1.65. The minimum absolute atomic E-state index is 0.00224. The number of nitrogens with one attached hydrogen (secondary N) is 1. The fourth-order valence-electron chi connectivity index (χ4n) is 2.56. The van der Waals surface area contributed by atoms with E-state index in [1.54, 1.807) is 18.4 Å². The molecule has 2 aromatic carbocycles. The second-order valence-electron chi connectivity index (χ2n) is 5.45. The van der Waals surface area contributed by atoms with Crippen LogP contribution in [0.2, 0.25) is 0 Å². The Morgan fingerprint density at radius 2 is 1.79 bits per heavy atom. The lowest BCUT2D eigenvalue weighted by atomic mass is 10.0. The van der Waals surface area contributed by atoms with Crippen LogP contribution >= 0.6 is 11.3 Å². The second-order valence-corrected chi connectivity index (χ2v) is 6.43. The van der Waals surface area contributed by atoms with Crippen LogP contribution in [0.4, 0.5) is 0 Å². The number of hydrogen-bond acceptors (Lipinski definition) is 3. The molecule has 0 bridgehead atoms. The lowest BCUT2D eigenvalue weighted by Crippen LogP contribution is -2.30. The van der Waals surface area contributed by atoms with Crippen molar-refractivity contribution in [3.63, 3.8) is 0 Å². The maximum Gasteiger partial charge on any atom is 0.225 e. The van der Waals surface area contributed by atoms with Gasteiger partial charge in [-0.15, -0.1) is 11.3 Å². The Kier molecular flexibility index (Phi) is 5.29. The lowest BCUT2D eigenvalue weighted by molar-refractivity contribution is -0.120. The number of thiophene rings is 1. The maximum absolute atomic E-state index is 12.5. The van der Waals surface area contributed by atoms with E-state index in [4.69, 9.17) is 4.74 Å². The van der Waals surface area contributed by atoms with Gasteiger partial charge >= 0.3 is 0 Å². The molecule has 0 saturated heterocycles. The fraction of sp³-hybridized carbons (Fsp3) is 0.150. The van der Waals surface area contributed by atoms with E-state index in [0.29, 0.717) is 6.42 Å². The van der Waals surface area contributed by atoms with Gasteiger partial charge in [0.1, 0.15) is 5.75 Å². The van der Waals surface area contributed by atoms with Gasteiger partial charge in [0.05, 0.1) is 19.6 Å². The van der Waals surface area contributed by atoms with Gasteiger partial charge in [-0.2, -0.15) is 0 Å². The predicted molar refractivity (Wildman–Crippen MR) is 97.4 cm³/mol. The fourth-order valence-corrected chi connectivity index (χ4v) is 3.36. The van der Waals surface area contributed by atoms with E-state index < -0.39 is 0 Å². The van der Waals surface area contributed by atoms with E-state index >= 15 is 0 Å². The van der Waals surface area contributed by atoms with Crippen molar-refractivity contribution in [3.8, 4) is 5.75 Å². The summed E-state index contributed by atoms with van der Waals surface area (Å²) in [6.07, 6.45) is 0.346. The third-order valence-electron chi connectivity index (χ3n) is 3.79. The normalized spacial score (nSPS) is 11.7. The Hall–Kier alpha value is -2.59. The highest BCUT2D eigenvalue weighted by molar-refractivity contribution is 7.10. The van der Waals surface area contributed by atoms with Crippen molar-refractivity contribution in [1.82, 2.24) is 5.32 Å².